The standard InChI is InChI=1S/C15H20F2N2O2/c1-21-15(20)5-2-10-6-12(18)9-19(8-10)14-7-11(16)3-4-13(14)17/h3-4,7,10,12H,2,5-6,8-9,18H2,1H3. The fraction of sp³-hybridized carbons (Fsp3) is 0.533. The summed E-state index contributed by atoms with van der Waals surface area (Å²) >= 11 is 0. The van der Waals surface area contributed by atoms with Gasteiger partial charge in [-0.15, -0.1) is 0 Å². The van der Waals surface area contributed by atoms with Gasteiger partial charge in [-0.1, -0.05) is 0 Å². The summed E-state index contributed by atoms with van der Waals surface area (Å²) in [6, 6.07) is 3.28. The maximum Gasteiger partial charge on any atom is 0.305 e. The average molecular weight is 298 g/mol. The Kier molecular flexibility index (Phi) is 5.12. The molecule has 1 aliphatic rings. The third kappa shape index (κ3) is 4.14. The molecule has 0 aliphatic carbocycles. The van der Waals surface area contributed by atoms with Crippen LogP contribution < -0.4 is 10.6 Å². The number of piperidine rings is 1. The number of ether oxygens (including phenoxy) is 1. The Bertz CT molecular complexity index is 510. The Balaban J connectivity index is 2.06. The summed E-state index contributed by atoms with van der Waals surface area (Å²) in [7, 11) is 1.35. The van der Waals surface area contributed by atoms with Gasteiger partial charge in [0.25, 0.3) is 0 Å². The van der Waals surface area contributed by atoms with Gasteiger partial charge < -0.3 is 15.4 Å². The summed E-state index contributed by atoms with van der Waals surface area (Å²) in [5, 5.41) is 0. The summed E-state index contributed by atoms with van der Waals surface area (Å²) in [6.45, 7) is 1.04. The highest BCUT2D eigenvalue weighted by atomic mass is 19.1. The lowest BCUT2D eigenvalue weighted by Crippen LogP contribution is -2.47. The number of benzene rings is 1. The van der Waals surface area contributed by atoms with Crippen LogP contribution in [-0.4, -0.2) is 32.2 Å². The smallest absolute Gasteiger partial charge is 0.305 e. The molecule has 1 fully saturated rings. The van der Waals surface area contributed by atoms with Crippen LogP contribution in [0.1, 0.15) is 19.3 Å². The molecule has 116 valence electrons. The van der Waals surface area contributed by atoms with E-state index in [1.165, 1.54) is 13.2 Å². The number of halogens is 2. The molecule has 2 atom stereocenters. The molecule has 2 rings (SSSR count). The van der Waals surface area contributed by atoms with Gasteiger partial charge >= 0.3 is 5.97 Å². The molecule has 0 bridgehead atoms. The van der Waals surface area contributed by atoms with Crippen molar-refractivity contribution < 1.29 is 18.3 Å². The molecule has 0 radical (unpaired) electrons. The zero-order valence-corrected chi connectivity index (χ0v) is 12.0. The first-order valence-corrected chi connectivity index (χ1v) is 7.02. The molecule has 4 nitrogen and oxygen atoms in total. The molecule has 0 spiro atoms. The van der Waals surface area contributed by atoms with E-state index < -0.39 is 11.6 Å². The lowest BCUT2D eigenvalue weighted by Gasteiger charge is -2.38. The van der Waals surface area contributed by atoms with Crippen molar-refractivity contribution in [2.24, 2.45) is 11.7 Å². The second-order valence-electron chi connectivity index (χ2n) is 5.48. The number of nitrogens with two attached hydrogens (primary N) is 1. The van der Waals surface area contributed by atoms with Gasteiger partial charge in [0.15, 0.2) is 0 Å². The van der Waals surface area contributed by atoms with Gasteiger partial charge in [0.05, 0.1) is 12.8 Å². The van der Waals surface area contributed by atoms with Crippen molar-refractivity contribution in [1.82, 2.24) is 0 Å². The largest absolute Gasteiger partial charge is 0.469 e. The van der Waals surface area contributed by atoms with Gasteiger partial charge in [-0.25, -0.2) is 8.78 Å². The van der Waals surface area contributed by atoms with Crippen LogP contribution in [0, 0.1) is 17.6 Å². The molecule has 2 N–H and O–H groups in total. The highest BCUT2D eigenvalue weighted by molar-refractivity contribution is 5.69. The summed E-state index contributed by atoms with van der Waals surface area (Å²) < 4.78 is 31.8. The van der Waals surface area contributed by atoms with Gasteiger partial charge in [0.2, 0.25) is 0 Å². The van der Waals surface area contributed by atoms with Crippen molar-refractivity contribution >= 4 is 11.7 Å². The molecule has 1 aromatic carbocycles. The van der Waals surface area contributed by atoms with Crippen molar-refractivity contribution in [2.45, 2.75) is 25.3 Å². The quantitative estimate of drug-likeness (QED) is 0.865. The van der Waals surface area contributed by atoms with Crippen molar-refractivity contribution in [2.75, 3.05) is 25.1 Å². The molecule has 0 saturated carbocycles. The minimum atomic E-state index is -0.475. The first kappa shape index (κ1) is 15.7. The van der Waals surface area contributed by atoms with Gasteiger partial charge in [-0.3, -0.25) is 4.79 Å². The van der Waals surface area contributed by atoms with E-state index in [2.05, 4.69) is 4.74 Å². The Morgan fingerprint density at radius 1 is 1.43 bits per heavy atom. The summed E-state index contributed by atoms with van der Waals surface area (Å²) in [4.78, 5) is 13.0. The number of esters is 1. The predicted octanol–water partition coefficient (Wildman–Crippen LogP) is 2.07. The molecule has 0 aromatic heterocycles. The number of hydrogen-bond donors (Lipinski definition) is 1. The van der Waals surface area contributed by atoms with Crippen LogP contribution in [0.2, 0.25) is 0 Å². The number of nitrogens with zero attached hydrogens (tertiary/aromatic N) is 1. The number of carbonyl (C=O) groups is 1. The summed E-state index contributed by atoms with van der Waals surface area (Å²) in [6.07, 6.45) is 1.71. The van der Waals surface area contributed by atoms with Gasteiger partial charge in [0, 0.05) is 31.6 Å². The summed E-state index contributed by atoms with van der Waals surface area (Å²) in [5.74, 6) is -1.04. The predicted molar refractivity (Wildman–Crippen MR) is 75.9 cm³/mol. The van der Waals surface area contributed by atoms with Gasteiger partial charge in [-0.2, -0.15) is 0 Å². The number of anilines is 1. The molecule has 6 heteroatoms. The van der Waals surface area contributed by atoms with Crippen LogP contribution in [-0.2, 0) is 9.53 Å². The fourth-order valence-electron chi connectivity index (χ4n) is 2.80. The lowest BCUT2D eigenvalue weighted by molar-refractivity contribution is -0.141. The average Bonchev–Trinajstić information content (AvgIpc) is 2.46. The maximum atomic E-state index is 13.9. The second kappa shape index (κ2) is 6.85. The highest BCUT2D eigenvalue weighted by Gasteiger charge is 2.27. The monoisotopic (exact) mass is 298 g/mol. The van der Waals surface area contributed by atoms with Crippen LogP contribution in [0.4, 0.5) is 14.5 Å². The highest BCUT2D eigenvalue weighted by Crippen LogP contribution is 2.28. The Labute approximate surface area is 122 Å². The molecule has 1 heterocycles. The first-order valence-electron chi connectivity index (χ1n) is 7.02. The molecule has 2 unspecified atom stereocenters. The van der Waals surface area contributed by atoms with E-state index in [-0.39, 0.29) is 23.6 Å². The van der Waals surface area contributed by atoms with Gasteiger partial charge in [-0.05, 0) is 30.9 Å². The third-order valence-corrected chi connectivity index (χ3v) is 3.80. The SMILES string of the molecule is COC(=O)CCC1CC(N)CN(c2cc(F)ccc2F)C1. The van der Waals surface area contributed by atoms with Crippen LogP contribution in [0.5, 0.6) is 0 Å². The van der Waals surface area contributed by atoms with Crippen LogP contribution in [0.15, 0.2) is 18.2 Å². The van der Waals surface area contributed by atoms with E-state index in [9.17, 15) is 13.6 Å². The van der Waals surface area contributed by atoms with Crippen LogP contribution in [0.3, 0.4) is 0 Å². The molecule has 1 aromatic rings. The minimum Gasteiger partial charge on any atom is -0.469 e. The molecular weight excluding hydrogens is 278 g/mol. The van der Waals surface area contributed by atoms with Crippen LogP contribution in [0.25, 0.3) is 0 Å². The van der Waals surface area contributed by atoms with Crippen molar-refractivity contribution in [1.29, 1.82) is 0 Å². The van der Waals surface area contributed by atoms with E-state index >= 15 is 0 Å². The van der Waals surface area contributed by atoms with E-state index in [4.69, 9.17) is 5.73 Å². The zero-order valence-electron chi connectivity index (χ0n) is 12.0. The van der Waals surface area contributed by atoms with Crippen LogP contribution >= 0.6 is 0 Å². The summed E-state index contributed by atoms with van der Waals surface area (Å²) in [5.41, 5.74) is 6.24. The third-order valence-electron chi connectivity index (χ3n) is 3.80. The number of rotatable bonds is 4. The molecule has 1 saturated heterocycles. The topological polar surface area (TPSA) is 55.6 Å². The lowest BCUT2D eigenvalue weighted by atomic mass is 9.90. The number of methoxy groups -OCH3 is 1. The Morgan fingerprint density at radius 3 is 2.90 bits per heavy atom. The molecule has 0 amide bonds. The molecule has 21 heavy (non-hydrogen) atoms. The number of carbonyl (C=O) groups excluding carboxylic acids is 1. The van der Waals surface area contributed by atoms with Crippen molar-refractivity contribution in [3.8, 4) is 0 Å². The Hall–Kier alpha value is -1.69. The van der Waals surface area contributed by atoms with E-state index in [1.807, 2.05) is 0 Å². The fourth-order valence-corrected chi connectivity index (χ4v) is 2.80. The maximum absolute atomic E-state index is 13.9. The first-order chi connectivity index (χ1) is 9.99. The van der Waals surface area contributed by atoms with Crippen molar-refractivity contribution in [3.05, 3.63) is 29.8 Å². The van der Waals surface area contributed by atoms with Gasteiger partial charge in [0.1, 0.15) is 11.6 Å². The van der Waals surface area contributed by atoms with E-state index in [0.29, 0.717) is 25.9 Å². The Morgan fingerprint density at radius 2 is 2.19 bits per heavy atom. The minimum absolute atomic E-state index is 0.121. The van der Waals surface area contributed by atoms with Crippen molar-refractivity contribution in [3.63, 3.8) is 0 Å². The second-order valence-corrected chi connectivity index (χ2v) is 5.48. The van der Waals surface area contributed by atoms with E-state index in [1.54, 1.807) is 4.90 Å². The van der Waals surface area contributed by atoms with E-state index in [0.717, 1.165) is 18.6 Å². The number of hydrogen-bond acceptors (Lipinski definition) is 4. The zero-order chi connectivity index (χ0) is 15.4. The molecule has 1 aliphatic heterocycles. The molecular formula is C15H20F2N2O2. The normalized spacial score (nSPS) is 22.2.